The van der Waals surface area contributed by atoms with E-state index in [-0.39, 0.29) is 0 Å². The number of halogens is 2. The summed E-state index contributed by atoms with van der Waals surface area (Å²) in [4.78, 5) is 0. The van der Waals surface area contributed by atoms with Crippen molar-refractivity contribution >= 4 is 65.9 Å². The smallest absolute Gasteiger partial charge is 0.171 e. The van der Waals surface area contributed by atoms with Crippen LogP contribution in [0.15, 0.2) is 106 Å². The van der Waals surface area contributed by atoms with Gasteiger partial charge in [0.1, 0.15) is 5.52 Å². The summed E-state index contributed by atoms with van der Waals surface area (Å²) in [6.07, 6.45) is 0. The Morgan fingerprint density at radius 1 is 0.645 bits per heavy atom. The molecule has 0 saturated heterocycles. The maximum absolute atomic E-state index is 14.6. The van der Waals surface area contributed by atoms with Gasteiger partial charge in [-0.05, 0) is 84.9 Å². The Hall–Kier alpha value is -2.53. The molecule has 1 aromatic heterocycles. The highest BCUT2D eigenvalue weighted by molar-refractivity contribution is 9.10. The molecule has 0 unspecified atom stereocenters. The van der Waals surface area contributed by atoms with Gasteiger partial charge in [-0.15, -0.1) is 5.10 Å². The minimum absolute atomic E-state index is 0.769. The third-order valence-corrected chi connectivity index (χ3v) is 9.32. The van der Waals surface area contributed by atoms with Crippen LogP contribution in [0.1, 0.15) is 0 Å². The second-order valence-corrected chi connectivity index (χ2v) is 11.7. The van der Waals surface area contributed by atoms with Crippen molar-refractivity contribution in [2.24, 2.45) is 0 Å². The highest BCUT2D eigenvalue weighted by Crippen LogP contribution is 2.43. The average Bonchev–Trinajstić information content (AvgIpc) is 3.24. The molecule has 1 heterocycles. The monoisotopic (exact) mass is 551 g/mol. The van der Waals surface area contributed by atoms with Crippen LogP contribution >= 0.6 is 39.0 Å². The van der Waals surface area contributed by atoms with E-state index in [4.69, 9.17) is 0 Å². The topological polar surface area (TPSA) is 47.8 Å². The Balaban J connectivity index is 1.64. The number of hydrogen-bond donors (Lipinski definition) is 0. The number of rotatable bonds is 4. The van der Waals surface area contributed by atoms with E-state index in [1.165, 1.54) is 0 Å². The molecule has 0 amide bonds. The normalized spacial score (nSPS) is 11.7. The molecule has 31 heavy (non-hydrogen) atoms. The quantitative estimate of drug-likeness (QED) is 0.273. The molecule has 0 radical (unpaired) electrons. The van der Waals surface area contributed by atoms with Crippen LogP contribution in [0.5, 0.6) is 0 Å². The van der Waals surface area contributed by atoms with Crippen LogP contribution < -0.4 is 15.9 Å². The van der Waals surface area contributed by atoms with Gasteiger partial charge >= 0.3 is 0 Å². The number of fused-ring (bicyclic) bond motifs is 1. The molecule has 0 atom stereocenters. The molecule has 0 N–H and O–H groups in total. The summed E-state index contributed by atoms with van der Waals surface area (Å²) in [7, 11) is -3.05. The summed E-state index contributed by atoms with van der Waals surface area (Å²) in [5.74, 6) is 0. The Kier molecular flexibility index (Phi) is 5.39. The van der Waals surface area contributed by atoms with Crippen LogP contribution in [-0.4, -0.2) is 15.0 Å². The molecule has 5 aromatic rings. The molecular formula is C24H16Br2N3OP. The molecule has 7 heteroatoms. The standard InChI is InChI=1S/C24H16Br2N3OP/c25-17-5-11-20(12-6-17)31(30,21-13-7-18(26)8-14-21)22-15-9-19(10-16-22)29-24-4-2-1-3-23(24)27-28-29/h1-16H. The van der Waals surface area contributed by atoms with E-state index < -0.39 is 7.14 Å². The van der Waals surface area contributed by atoms with E-state index in [2.05, 4.69) is 42.2 Å². The van der Waals surface area contributed by atoms with Crippen molar-refractivity contribution in [2.45, 2.75) is 0 Å². The molecule has 0 bridgehead atoms. The van der Waals surface area contributed by atoms with Crippen molar-refractivity contribution in [3.63, 3.8) is 0 Å². The van der Waals surface area contributed by atoms with Crippen molar-refractivity contribution in [3.8, 4) is 5.69 Å². The van der Waals surface area contributed by atoms with E-state index in [0.717, 1.165) is 41.6 Å². The molecule has 0 saturated carbocycles. The van der Waals surface area contributed by atoms with Gasteiger partial charge in [-0.2, -0.15) is 0 Å². The molecule has 0 spiro atoms. The van der Waals surface area contributed by atoms with E-state index >= 15 is 0 Å². The number of benzene rings is 4. The molecule has 0 aliphatic heterocycles. The lowest BCUT2D eigenvalue weighted by molar-refractivity contribution is 0.592. The minimum Gasteiger partial charge on any atom is -0.309 e. The molecule has 5 rings (SSSR count). The van der Waals surface area contributed by atoms with Gasteiger partial charge in [0.2, 0.25) is 0 Å². The maximum Gasteiger partial charge on any atom is 0.171 e. The Morgan fingerprint density at radius 2 is 1.13 bits per heavy atom. The fourth-order valence-corrected chi connectivity index (χ4v) is 6.74. The van der Waals surface area contributed by atoms with E-state index in [9.17, 15) is 4.57 Å². The van der Waals surface area contributed by atoms with Crippen LogP contribution in [0.4, 0.5) is 0 Å². The van der Waals surface area contributed by atoms with Gasteiger partial charge in [0.15, 0.2) is 7.14 Å². The second-order valence-electron chi connectivity index (χ2n) is 7.07. The lowest BCUT2D eigenvalue weighted by Gasteiger charge is -2.20. The number of para-hydroxylation sites is 1. The Bertz CT molecular complexity index is 1360. The summed E-state index contributed by atoms with van der Waals surface area (Å²) in [6, 6.07) is 31.0. The van der Waals surface area contributed by atoms with Gasteiger partial charge in [0.25, 0.3) is 0 Å². The lowest BCUT2D eigenvalue weighted by atomic mass is 10.3. The largest absolute Gasteiger partial charge is 0.309 e. The summed E-state index contributed by atoms with van der Waals surface area (Å²) in [5.41, 5.74) is 2.64. The fourth-order valence-electron chi connectivity index (χ4n) is 3.61. The number of nitrogens with zero attached hydrogens (tertiary/aromatic N) is 3. The van der Waals surface area contributed by atoms with Crippen molar-refractivity contribution in [1.29, 1.82) is 0 Å². The highest BCUT2D eigenvalue weighted by atomic mass is 79.9. The Labute approximate surface area is 196 Å². The molecular weight excluding hydrogens is 537 g/mol. The lowest BCUT2D eigenvalue weighted by Crippen LogP contribution is -2.25. The predicted molar refractivity (Wildman–Crippen MR) is 134 cm³/mol. The van der Waals surface area contributed by atoms with Gasteiger partial charge in [-0.1, -0.05) is 49.2 Å². The summed E-state index contributed by atoms with van der Waals surface area (Å²) in [5, 5.41) is 10.9. The second kappa shape index (κ2) is 8.19. The number of hydrogen-bond acceptors (Lipinski definition) is 3. The zero-order valence-corrected chi connectivity index (χ0v) is 20.3. The van der Waals surface area contributed by atoms with Crippen molar-refractivity contribution in [2.75, 3.05) is 0 Å². The first-order valence-corrected chi connectivity index (χ1v) is 12.9. The third kappa shape index (κ3) is 3.69. The minimum atomic E-state index is -3.05. The maximum atomic E-state index is 14.6. The third-order valence-electron chi connectivity index (χ3n) is 5.19. The van der Waals surface area contributed by atoms with Crippen molar-refractivity contribution in [3.05, 3.63) is 106 Å². The molecule has 152 valence electrons. The summed E-state index contributed by atoms with van der Waals surface area (Å²) < 4.78 is 18.3. The molecule has 0 aliphatic carbocycles. The summed E-state index contributed by atoms with van der Waals surface area (Å²) >= 11 is 6.95. The molecule has 0 fully saturated rings. The van der Waals surface area contributed by atoms with Crippen LogP contribution in [-0.2, 0) is 4.57 Å². The van der Waals surface area contributed by atoms with Gasteiger partial charge < -0.3 is 4.57 Å². The first-order valence-electron chi connectivity index (χ1n) is 9.59. The first kappa shape index (κ1) is 20.4. The molecule has 0 aliphatic rings. The molecule has 4 aromatic carbocycles. The van der Waals surface area contributed by atoms with Gasteiger partial charge in [-0.3, -0.25) is 0 Å². The van der Waals surface area contributed by atoms with Crippen LogP contribution in [0.25, 0.3) is 16.7 Å². The predicted octanol–water partition coefficient (Wildman–Crippen LogP) is 5.58. The van der Waals surface area contributed by atoms with Gasteiger partial charge in [-0.25, -0.2) is 4.68 Å². The van der Waals surface area contributed by atoms with E-state index in [0.29, 0.717) is 0 Å². The van der Waals surface area contributed by atoms with Crippen molar-refractivity contribution in [1.82, 2.24) is 15.0 Å². The van der Waals surface area contributed by atoms with Crippen LogP contribution in [0.3, 0.4) is 0 Å². The highest BCUT2D eigenvalue weighted by Gasteiger charge is 2.29. The first-order chi connectivity index (χ1) is 15.1. The van der Waals surface area contributed by atoms with Crippen molar-refractivity contribution < 1.29 is 4.57 Å². The zero-order valence-electron chi connectivity index (χ0n) is 16.2. The fraction of sp³-hybridized carbons (Fsp3) is 0. The Morgan fingerprint density at radius 3 is 1.68 bits per heavy atom. The number of aromatic nitrogens is 3. The zero-order chi connectivity index (χ0) is 21.4. The van der Waals surface area contributed by atoms with Gasteiger partial charge in [0, 0.05) is 24.9 Å². The van der Waals surface area contributed by atoms with E-state index in [1.54, 1.807) is 4.68 Å². The summed E-state index contributed by atoms with van der Waals surface area (Å²) in [6.45, 7) is 0. The van der Waals surface area contributed by atoms with Crippen LogP contribution in [0, 0.1) is 0 Å². The SMILES string of the molecule is O=P(c1ccc(Br)cc1)(c1ccc(Br)cc1)c1ccc(-n2nnc3ccccc32)cc1. The average molecular weight is 553 g/mol. The molecule has 4 nitrogen and oxygen atoms in total. The van der Waals surface area contributed by atoms with E-state index in [1.807, 2.05) is 97.1 Å². The van der Waals surface area contributed by atoms with Gasteiger partial charge in [0.05, 0.1) is 11.2 Å². The van der Waals surface area contributed by atoms with Crippen LogP contribution in [0.2, 0.25) is 0 Å².